The lowest BCUT2D eigenvalue weighted by Crippen LogP contribution is -2.45. The van der Waals surface area contributed by atoms with Crippen LogP contribution in [0.15, 0.2) is 146 Å². The first-order chi connectivity index (χ1) is 23.8. The molecule has 0 aromatic heterocycles. The molecule has 0 unspecified atom stereocenters. The van der Waals surface area contributed by atoms with Gasteiger partial charge in [0.1, 0.15) is 0 Å². The molecule has 6 heteroatoms. The zero-order valence-electron chi connectivity index (χ0n) is 27.1. The van der Waals surface area contributed by atoms with E-state index in [4.69, 9.17) is 4.74 Å². The molecular formula is C43H33NO5. The van der Waals surface area contributed by atoms with Crippen molar-refractivity contribution in [2.75, 3.05) is 4.90 Å². The van der Waals surface area contributed by atoms with E-state index in [1.807, 2.05) is 121 Å². The number of esters is 1. The van der Waals surface area contributed by atoms with Crippen molar-refractivity contribution in [1.82, 2.24) is 0 Å². The van der Waals surface area contributed by atoms with E-state index in [2.05, 4.69) is 0 Å². The summed E-state index contributed by atoms with van der Waals surface area (Å²) in [7, 11) is 0. The molecule has 0 N–H and O–H groups in total. The number of allylic oxidation sites excluding steroid dienone is 2. The normalized spacial score (nSPS) is 24.1. The minimum Gasteiger partial charge on any atom is -0.459 e. The first kappa shape index (κ1) is 30.5. The van der Waals surface area contributed by atoms with Gasteiger partial charge < -0.3 is 4.74 Å². The highest BCUT2D eigenvalue weighted by molar-refractivity contribution is 6.39. The van der Waals surface area contributed by atoms with Crippen LogP contribution >= 0.6 is 0 Å². The summed E-state index contributed by atoms with van der Waals surface area (Å²) in [4.78, 5) is 60.0. The van der Waals surface area contributed by atoms with Gasteiger partial charge in [0.25, 0.3) is 0 Å². The van der Waals surface area contributed by atoms with Crippen LogP contribution in [0, 0.1) is 11.8 Å². The van der Waals surface area contributed by atoms with Gasteiger partial charge >= 0.3 is 5.97 Å². The van der Waals surface area contributed by atoms with Crippen LogP contribution in [0.5, 0.6) is 0 Å². The average molecular weight is 644 g/mol. The Balaban J connectivity index is 1.44. The molecule has 2 bridgehead atoms. The van der Waals surface area contributed by atoms with E-state index in [1.54, 1.807) is 38.1 Å². The monoisotopic (exact) mass is 643 g/mol. The summed E-state index contributed by atoms with van der Waals surface area (Å²) >= 11 is 0. The fraction of sp³-hybridized carbons (Fsp3) is 0.163. The lowest BCUT2D eigenvalue weighted by atomic mass is 9.59. The molecule has 49 heavy (non-hydrogen) atoms. The maximum absolute atomic E-state index is 15.9. The highest BCUT2D eigenvalue weighted by Gasteiger charge is 2.82. The number of anilines is 1. The van der Waals surface area contributed by atoms with Gasteiger partial charge in [0.05, 0.1) is 40.0 Å². The van der Waals surface area contributed by atoms with Crippen molar-refractivity contribution in [3.63, 3.8) is 0 Å². The second kappa shape index (κ2) is 11.4. The first-order valence-corrected chi connectivity index (χ1v) is 16.5. The van der Waals surface area contributed by atoms with E-state index in [9.17, 15) is 4.79 Å². The molecular weight excluding hydrogens is 610 g/mol. The van der Waals surface area contributed by atoms with E-state index >= 15 is 14.4 Å². The third-order valence-corrected chi connectivity index (χ3v) is 10.3. The van der Waals surface area contributed by atoms with Gasteiger partial charge in [-0.25, -0.2) is 9.69 Å². The number of benzene rings is 5. The van der Waals surface area contributed by atoms with Gasteiger partial charge in [0.2, 0.25) is 11.8 Å². The second-order valence-corrected chi connectivity index (χ2v) is 13.1. The van der Waals surface area contributed by atoms with Crippen LogP contribution in [-0.4, -0.2) is 29.7 Å². The zero-order valence-corrected chi connectivity index (χ0v) is 27.1. The quantitative estimate of drug-likeness (QED) is 0.136. The van der Waals surface area contributed by atoms with Crippen LogP contribution in [0.4, 0.5) is 5.69 Å². The second-order valence-electron chi connectivity index (χ2n) is 13.1. The fourth-order valence-electron chi connectivity index (χ4n) is 8.62. The number of Topliss-reactive ketones (excluding diaryl/α,β-unsaturated/α-hetero) is 1. The SMILES string of the molecule is CC(C)OC(=O)c1ccc(N2C(=O)[C@@H]3[C@@H](C2=O)[C@@]2(c4ccccc4)C(=O)[C@@]3(c3ccccc3)C(c3ccccc3)=C2c2ccccc2)cc1. The third kappa shape index (κ3) is 4.13. The number of hydrogen-bond acceptors (Lipinski definition) is 5. The van der Waals surface area contributed by atoms with Crippen molar-refractivity contribution in [3.8, 4) is 0 Å². The molecule has 0 spiro atoms. The molecule has 4 atom stereocenters. The number of fused-ring (bicyclic) bond motifs is 5. The predicted octanol–water partition coefficient (Wildman–Crippen LogP) is 7.44. The maximum Gasteiger partial charge on any atom is 0.338 e. The number of carbonyl (C=O) groups excluding carboxylic acids is 4. The molecule has 5 aromatic carbocycles. The summed E-state index contributed by atoms with van der Waals surface area (Å²) in [6, 6.07) is 44.8. The van der Waals surface area contributed by atoms with E-state index in [0.29, 0.717) is 22.4 Å². The lowest BCUT2D eigenvalue weighted by molar-refractivity contribution is -0.130. The fourth-order valence-corrected chi connectivity index (χ4v) is 8.62. The highest BCUT2D eigenvalue weighted by Crippen LogP contribution is 2.74. The highest BCUT2D eigenvalue weighted by atomic mass is 16.5. The molecule has 2 fully saturated rings. The largest absolute Gasteiger partial charge is 0.459 e. The van der Waals surface area contributed by atoms with Crippen LogP contribution in [-0.2, 0) is 30.0 Å². The van der Waals surface area contributed by atoms with Gasteiger partial charge in [-0.05, 0) is 71.5 Å². The summed E-state index contributed by atoms with van der Waals surface area (Å²) in [6.45, 7) is 3.55. The molecule has 6 nitrogen and oxygen atoms in total. The Labute approximate surface area is 284 Å². The van der Waals surface area contributed by atoms with Crippen LogP contribution in [0.2, 0.25) is 0 Å². The molecule has 1 saturated heterocycles. The Bertz CT molecular complexity index is 2020. The summed E-state index contributed by atoms with van der Waals surface area (Å²) in [6.07, 6.45) is -0.297. The standard InChI is InChI=1S/C43H33NO5/c1-27(2)49-40(47)30-23-25-33(26-24-30)44-38(45)36-37(39(44)46)43(32-21-13-6-14-22-32)35(29-17-9-4-10-18-29)34(28-15-7-3-8-16-28)42(36,41(43)48)31-19-11-5-12-20-31/h3-27,36-37H,1-2H3/t36-,37-,42-,43-/m0/s1. The van der Waals surface area contributed by atoms with Gasteiger partial charge in [0.15, 0.2) is 5.78 Å². The maximum atomic E-state index is 15.9. The summed E-state index contributed by atoms with van der Waals surface area (Å²) in [5.41, 5.74) is 2.18. The van der Waals surface area contributed by atoms with Crippen molar-refractivity contribution in [2.45, 2.75) is 30.8 Å². The Morgan fingerprint density at radius 1 is 0.571 bits per heavy atom. The van der Waals surface area contributed by atoms with Gasteiger partial charge in [-0.3, -0.25) is 14.4 Å². The van der Waals surface area contributed by atoms with Crippen molar-refractivity contribution in [3.05, 3.63) is 173 Å². The molecule has 8 rings (SSSR count). The Morgan fingerprint density at radius 3 is 1.35 bits per heavy atom. The van der Waals surface area contributed by atoms with Crippen LogP contribution in [0.1, 0.15) is 46.5 Å². The van der Waals surface area contributed by atoms with Gasteiger partial charge in [-0.1, -0.05) is 121 Å². The summed E-state index contributed by atoms with van der Waals surface area (Å²) < 4.78 is 5.36. The van der Waals surface area contributed by atoms with Crippen LogP contribution in [0.3, 0.4) is 0 Å². The van der Waals surface area contributed by atoms with Gasteiger partial charge in [0, 0.05) is 0 Å². The van der Waals surface area contributed by atoms with E-state index in [0.717, 1.165) is 22.3 Å². The molecule has 0 radical (unpaired) electrons. The molecule has 5 aromatic rings. The number of ketones is 1. The van der Waals surface area contributed by atoms with E-state index < -0.39 is 40.4 Å². The van der Waals surface area contributed by atoms with Crippen molar-refractivity contribution >= 4 is 40.4 Å². The smallest absolute Gasteiger partial charge is 0.338 e. The molecule has 3 aliphatic rings. The number of rotatable bonds is 7. The molecule has 1 heterocycles. The van der Waals surface area contributed by atoms with E-state index in [1.165, 1.54) is 4.90 Å². The van der Waals surface area contributed by atoms with Crippen LogP contribution in [0.25, 0.3) is 11.1 Å². The zero-order chi connectivity index (χ0) is 33.9. The third-order valence-electron chi connectivity index (χ3n) is 10.3. The van der Waals surface area contributed by atoms with E-state index in [-0.39, 0.29) is 11.9 Å². The number of nitrogens with zero attached hydrogens (tertiary/aromatic N) is 1. The van der Waals surface area contributed by atoms with Crippen LogP contribution < -0.4 is 4.90 Å². The molecule has 1 aliphatic heterocycles. The first-order valence-electron chi connectivity index (χ1n) is 16.5. The van der Waals surface area contributed by atoms with Crippen molar-refractivity contribution in [1.29, 1.82) is 0 Å². The van der Waals surface area contributed by atoms with Gasteiger partial charge in [-0.15, -0.1) is 0 Å². The lowest BCUT2D eigenvalue weighted by Gasteiger charge is -2.39. The minimum atomic E-state index is -1.48. The average Bonchev–Trinajstić information content (AvgIpc) is 3.65. The molecule has 240 valence electrons. The number of carbonyl (C=O) groups is 4. The molecule has 1 saturated carbocycles. The Hall–Kier alpha value is -5.88. The van der Waals surface area contributed by atoms with Gasteiger partial charge in [-0.2, -0.15) is 0 Å². The minimum absolute atomic E-state index is 0.168. The summed E-state index contributed by atoms with van der Waals surface area (Å²) in [5.74, 6) is -3.59. The number of hydrogen-bond donors (Lipinski definition) is 0. The Kier molecular flexibility index (Phi) is 7.07. The topological polar surface area (TPSA) is 80.8 Å². The summed E-state index contributed by atoms with van der Waals surface area (Å²) in [5, 5.41) is 0. The number of imide groups is 1. The molecule has 2 aliphatic carbocycles. The Morgan fingerprint density at radius 2 is 0.959 bits per heavy atom. The number of amides is 2. The number of ether oxygens (including phenoxy) is 1. The molecule has 2 amide bonds. The predicted molar refractivity (Wildman–Crippen MR) is 187 cm³/mol. The van der Waals surface area contributed by atoms with Crippen molar-refractivity contribution in [2.24, 2.45) is 11.8 Å². The van der Waals surface area contributed by atoms with Crippen molar-refractivity contribution < 1.29 is 23.9 Å².